The van der Waals surface area contributed by atoms with Gasteiger partial charge in [0.05, 0.1) is 41.4 Å². The summed E-state index contributed by atoms with van der Waals surface area (Å²) in [6.45, 7) is 2.31. The highest BCUT2D eigenvalue weighted by molar-refractivity contribution is 8.02. The third-order valence-electron chi connectivity index (χ3n) is 9.44. The number of allylic oxidation sites excluding steroid dienone is 1. The predicted octanol–water partition coefficient (Wildman–Crippen LogP) is 3.49. The zero-order chi connectivity index (χ0) is 30.5. The van der Waals surface area contributed by atoms with Gasteiger partial charge in [-0.05, 0) is 43.9 Å². The molecule has 1 N–H and O–H groups in total. The molecular weight excluding hydrogens is 578 g/mol. The summed E-state index contributed by atoms with van der Waals surface area (Å²) >= 11 is 1.50. The van der Waals surface area contributed by atoms with Gasteiger partial charge < -0.3 is 19.6 Å². The first-order valence-electron chi connectivity index (χ1n) is 15.2. The number of esters is 1. The van der Waals surface area contributed by atoms with E-state index in [4.69, 9.17) is 4.74 Å². The highest BCUT2D eigenvalue weighted by Crippen LogP contribution is 2.66. The molecule has 5 heterocycles. The number of hydrogen-bond acceptors (Lipinski definition) is 8. The summed E-state index contributed by atoms with van der Waals surface area (Å²) in [6, 6.07) is 15.1. The lowest BCUT2D eigenvalue weighted by Gasteiger charge is -2.40. The second-order valence-electron chi connectivity index (χ2n) is 12.1. The number of hydrogen-bond donors (Lipinski definition) is 1. The fourth-order valence-corrected chi connectivity index (χ4v) is 9.60. The second kappa shape index (κ2) is 11.2. The molecule has 0 aliphatic carbocycles. The molecule has 11 heteroatoms. The lowest BCUT2D eigenvalue weighted by Crippen LogP contribution is -2.54. The van der Waals surface area contributed by atoms with Crippen LogP contribution in [0, 0.1) is 11.8 Å². The smallest absolute Gasteiger partial charge is 0.311 e. The number of amides is 2. The van der Waals surface area contributed by atoms with Crippen LogP contribution in [0.2, 0.25) is 0 Å². The van der Waals surface area contributed by atoms with E-state index in [0.717, 1.165) is 35.9 Å². The number of fused-ring (bicyclic) bond motifs is 3. The molecule has 1 unspecified atom stereocenters. The quantitative estimate of drug-likeness (QED) is 0.343. The number of thioether (sulfide) groups is 1. The fraction of sp³-hybridized carbons (Fsp3) is 0.424. The second-order valence-corrected chi connectivity index (χ2v) is 13.9. The van der Waals surface area contributed by atoms with Crippen molar-refractivity contribution >= 4 is 40.6 Å². The lowest BCUT2D eigenvalue weighted by molar-refractivity contribution is -0.155. The molecular formula is C33H35N5O5S. The first-order chi connectivity index (χ1) is 21.4. The van der Waals surface area contributed by atoms with Crippen molar-refractivity contribution < 1.29 is 24.2 Å². The lowest BCUT2D eigenvalue weighted by atomic mass is 9.74. The van der Waals surface area contributed by atoms with E-state index >= 15 is 0 Å². The van der Waals surface area contributed by atoms with Crippen molar-refractivity contribution in [2.45, 2.75) is 54.4 Å². The molecule has 7 rings (SSSR count). The van der Waals surface area contributed by atoms with Crippen molar-refractivity contribution in [2.24, 2.45) is 11.8 Å². The van der Waals surface area contributed by atoms with Crippen LogP contribution in [0.25, 0.3) is 11.0 Å². The molecule has 228 valence electrons. The Bertz CT molecular complexity index is 1660. The number of carbonyl (C=O) groups is 3. The number of para-hydroxylation sites is 1. The SMILES string of the molecule is C[C@@]12/C=C\CCCCOC(=O)[C@@H]1[C@H]1C(=O)N([C@H](CO)c3ccccc3)C3C(=O)N(Cn4nnc5ccccc54)CC=C[C@@]31S2. The van der Waals surface area contributed by atoms with E-state index < -0.39 is 39.4 Å². The summed E-state index contributed by atoms with van der Waals surface area (Å²) in [7, 11) is 0. The molecule has 6 atom stereocenters. The van der Waals surface area contributed by atoms with E-state index in [-0.39, 0.29) is 31.6 Å². The van der Waals surface area contributed by atoms with E-state index in [0.29, 0.717) is 6.61 Å². The van der Waals surface area contributed by atoms with E-state index in [1.807, 2.05) is 79.7 Å². The van der Waals surface area contributed by atoms with Gasteiger partial charge in [0.15, 0.2) is 0 Å². The number of cyclic esters (lactones) is 1. The Balaban J connectivity index is 1.36. The first kappa shape index (κ1) is 28.8. The normalized spacial score (nSPS) is 31.7. The van der Waals surface area contributed by atoms with Crippen LogP contribution in [0.3, 0.4) is 0 Å². The van der Waals surface area contributed by atoms with Gasteiger partial charge in [-0.3, -0.25) is 14.4 Å². The highest BCUT2D eigenvalue weighted by atomic mass is 32.2. The van der Waals surface area contributed by atoms with Crippen LogP contribution < -0.4 is 0 Å². The molecule has 1 spiro atoms. The van der Waals surface area contributed by atoms with E-state index in [2.05, 4.69) is 16.4 Å². The number of aromatic nitrogens is 3. The Kier molecular flexibility index (Phi) is 7.32. The van der Waals surface area contributed by atoms with Crippen LogP contribution in [-0.4, -0.2) is 83.0 Å². The van der Waals surface area contributed by atoms with Gasteiger partial charge in [-0.2, -0.15) is 0 Å². The minimum absolute atomic E-state index is 0.130. The zero-order valence-corrected chi connectivity index (χ0v) is 25.3. The monoisotopic (exact) mass is 613 g/mol. The standard InChI is InChI=1S/C33H35N5O5S/c1-32-16-9-2-3-10-19-43-31(42)27(32)26-29(40)38(25(20-39)22-12-5-4-6-13-22)28-30(41)36(18-11-17-33(26,28)44-32)21-37-24-15-8-7-14-23(24)34-35-37/h4-9,11-17,25-28,39H,2-3,10,18-21H2,1H3/b16-9-/t25-,26+,27+,28?,32-,33+/m1/s1. The van der Waals surface area contributed by atoms with Crippen molar-refractivity contribution in [3.8, 4) is 0 Å². The molecule has 2 amide bonds. The molecule has 44 heavy (non-hydrogen) atoms. The van der Waals surface area contributed by atoms with Crippen LogP contribution in [0.15, 0.2) is 78.9 Å². The van der Waals surface area contributed by atoms with Crippen LogP contribution in [-0.2, 0) is 25.8 Å². The molecule has 10 nitrogen and oxygen atoms in total. The molecule has 0 saturated carbocycles. The van der Waals surface area contributed by atoms with Crippen molar-refractivity contribution in [3.63, 3.8) is 0 Å². The van der Waals surface area contributed by atoms with Crippen LogP contribution in [0.5, 0.6) is 0 Å². The highest BCUT2D eigenvalue weighted by Gasteiger charge is 2.74. The maximum Gasteiger partial charge on any atom is 0.311 e. The number of rotatable bonds is 5. The molecule has 1 aromatic heterocycles. The number of aliphatic hydroxyl groups excluding tert-OH is 1. The molecule has 4 aliphatic rings. The van der Waals surface area contributed by atoms with Gasteiger partial charge in [-0.25, -0.2) is 4.68 Å². The van der Waals surface area contributed by atoms with Gasteiger partial charge in [-0.1, -0.05) is 72.0 Å². The number of benzene rings is 2. The first-order valence-corrected chi connectivity index (χ1v) is 16.0. The van der Waals surface area contributed by atoms with Crippen LogP contribution in [0.1, 0.15) is 37.8 Å². The number of carbonyl (C=O) groups excluding carboxylic acids is 3. The maximum absolute atomic E-state index is 14.9. The predicted molar refractivity (Wildman–Crippen MR) is 165 cm³/mol. The maximum atomic E-state index is 14.9. The van der Waals surface area contributed by atoms with Gasteiger partial charge >= 0.3 is 5.97 Å². The van der Waals surface area contributed by atoms with Crippen LogP contribution in [0.4, 0.5) is 0 Å². The van der Waals surface area contributed by atoms with Gasteiger partial charge in [0.2, 0.25) is 11.8 Å². The number of aliphatic hydroxyl groups is 1. The Hall–Kier alpha value is -3.96. The van der Waals surface area contributed by atoms with Crippen LogP contribution >= 0.6 is 11.8 Å². The molecule has 2 saturated heterocycles. The van der Waals surface area contributed by atoms with Crippen molar-refractivity contribution in [1.82, 2.24) is 24.8 Å². The third-order valence-corrected chi connectivity index (χ3v) is 11.2. The summed E-state index contributed by atoms with van der Waals surface area (Å²) in [5.41, 5.74) is 2.23. The minimum Gasteiger partial charge on any atom is -0.465 e. The van der Waals surface area contributed by atoms with E-state index in [1.54, 1.807) is 14.5 Å². The summed E-state index contributed by atoms with van der Waals surface area (Å²) in [4.78, 5) is 46.7. The summed E-state index contributed by atoms with van der Waals surface area (Å²) in [5.74, 6) is -2.67. The van der Waals surface area contributed by atoms with Gasteiger partial charge in [0.25, 0.3) is 0 Å². The molecule has 0 bridgehead atoms. The third kappa shape index (κ3) is 4.47. The Morgan fingerprint density at radius 1 is 1.00 bits per heavy atom. The Morgan fingerprint density at radius 2 is 1.80 bits per heavy atom. The Labute approximate surface area is 259 Å². The number of nitrogens with zero attached hydrogens (tertiary/aromatic N) is 5. The van der Waals surface area contributed by atoms with E-state index in [1.165, 1.54) is 11.8 Å². The van der Waals surface area contributed by atoms with Crippen molar-refractivity contribution in [1.29, 1.82) is 0 Å². The molecule has 0 radical (unpaired) electrons. The molecule has 2 fully saturated rings. The number of likely N-dealkylation sites (tertiary alicyclic amines) is 1. The summed E-state index contributed by atoms with van der Waals surface area (Å²) in [6.07, 6.45) is 10.5. The molecule has 3 aromatic rings. The number of ether oxygens (including phenoxy) is 1. The van der Waals surface area contributed by atoms with Gasteiger partial charge in [0, 0.05) is 11.3 Å². The average Bonchev–Trinajstić information content (AvgIpc) is 3.59. The van der Waals surface area contributed by atoms with Crippen molar-refractivity contribution in [2.75, 3.05) is 19.8 Å². The largest absolute Gasteiger partial charge is 0.465 e. The summed E-state index contributed by atoms with van der Waals surface area (Å²) < 4.78 is 5.63. The van der Waals surface area contributed by atoms with Gasteiger partial charge in [-0.15, -0.1) is 16.9 Å². The fourth-order valence-electron chi connectivity index (χ4n) is 7.46. The average molecular weight is 614 g/mol. The molecule has 2 aromatic carbocycles. The van der Waals surface area contributed by atoms with Gasteiger partial charge in [0.1, 0.15) is 18.2 Å². The summed E-state index contributed by atoms with van der Waals surface area (Å²) in [5, 5.41) is 19.3. The molecule has 4 aliphatic heterocycles. The Morgan fingerprint density at radius 3 is 2.61 bits per heavy atom. The van der Waals surface area contributed by atoms with E-state index in [9.17, 15) is 19.5 Å². The van der Waals surface area contributed by atoms with Crippen molar-refractivity contribution in [3.05, 3.63) is 84.5 Å². The zero-order valence-electron chi connectivity index (χ0n) is 24.5. The minimum atomic E-state index is -1.06. The topological polar surface area (TPSA) is 118 Å².